The number of hydrogen-bond acceptors (Lipinski definition) is 9. The third kappa shape index (κ3) is 13.1. The van der Waals surface area contributed by atoms with Gasteiger partial charge in [-0.15, -0.1) is 0 Å². The zero-order valence-corrected chi connectivity index (χ0v) is 23.7. The molecule has 0 saturated carbocycles. The minimum atomic E-state index is -1.99. The fraction of sp³-hybridized carbons (Fsp3) is 0.769. The van der Waals surface area contributed by atoms with Gasteiger partial charge < -0.3 is 23.7 Å². The maximum Gasteiger partial charge on any atom is 0.335 e. The van der Waals surface area contributed by atoms with Crippen molar-refractivity contribution in [1.29, 1.82) is 0 Å². The van der Waals surface area contributed by atoms with Gasteiger partial charge in [-0.25, -0.2) is 9.59 Å². The van der Waals surface area contributed by atoms with Crippen LogP contribution in [0.15, 0.2) is 24.3 Å². The molecule has 0 aromatic rings. The Morgan fingerprint density at radius 1 is 0.806 bits per heavy atom. The van der Waals surface area contributed by atoms with Gasteiger partial charge in [-0.05, 0) is 26.7 Å². The Bertz CT molecular complexity index is 697. The molecule has 0 bridgehead atoms. The molecule has 36 heavy (non-hydrogen) atoms. The summed E-state index contributed by atoms with van der Waals surface area (Å²) in [7, 11) is -0.610. The van der Waals surface area contributed by atoms with Gasteiger partial charge in [-0.3, -0.25) is 9.30 Å². The van der Waals surface area contributed by atoms with Crippen LogP contribution in [-0.2, 0) is 42.6 Å². The van der Waals surface area contributed by atoms with Gasteiger partial charge in [0.1, 0.15) is 0 Å². The van der Waals surface area contributed by atoms with E-state index in [0.717, 1.165) is 12.8 Å². The molecule has 10 heteroatoms. The van der Waals surface area contributed by atoms with Gasteiger partial charge in [0.15, 0.2) is 0 Å². The highest BCUT2D eigenvalue weighted by Crippen LogP contribution is 2.37. The van der Waals surface area contributed by atoms with E-state index in [9.17, 15) is 14.2 Å². The maximum atomic E-state index is 12.7. The van der Waals surface area contributed by atoms with Crippen molar-refractivity contribution in [3.8, 4) is 0 Å². The average molecular weight is 533 g/mol. The van der Waals surface area contributed by atoms with Gasteiger partial charge in [-0.1, -0.05) is 66.5 Å². The lowest BCUT2D eigenvalue weighted by atomic mass is 10.3. The van der Waals surface area contributed by atoms with Gasteiger partial charge in [0, 0.05) is 30.6 Å². The molecule has 0 aliphatic rings. The molecule has 0 rings (SSSR count). The lowest BCUT2D eigenvalue weighted by Gasteiger charge is -2.37. The van der Waals surface area contributed by atoms with Crippen LogP contribution in [-0.4, -0.2) is 49.6 Å². The van der Waals surface area contributed by atoms with Crippen LogP contribution in [0.4, 0.5) is 0 Å². The third-order valence-corrected chi connectivity index (χ3v) is 5.50. The maximum absolute atomic E-state index is 12.7. The summed E-state index contributed by atoms with van der Waals surface area (Å²) in [6.07, 6.45) is 1.36. The second-order valence-corrected chi connectivity index (χ2v) is 9.35. The highest BCUT2D eigenvalue weighted by molar-refractivity contribution is 7.25. The summed E-state index contributed by atoms with van der Waals surface area (Å²) >= 11 is 0. The van der Waals surface area contributed by atoms with Crippen LogP contribution in [0.3, 0.4) is 0 Å². The Morgan fingerprint density at radius 3 is 1.78 bits per heavy atom. The van der Waals surface area contributed by atoms with Crippen molar-refractivity contribution >= 4 is 20.4 Å². The lowest BCUT2D eigenvalue weighted by Crippen LogP contribution is -2.50. The van der Waals surface area contributed by atoms with E-state index in [1.165, 1.54) is 13.8 Å². The number of hydrogen-bond donors (Lipinski definition) is 0. The van der Waals surface area contributed by atoms with Crippen molar-refractivity contribution in [2.75, 3.05) is 13.2 Å². The third-order valence-electron chi connectivity index (χ3n) is 4.80. The van der Waals surface area contributed by atoms with Crippen LogP contribution in [0.5, 0.6) is 0 Å². The second kappa shape index (κ2) is 19.5. The van der Waals surface area contributed by atoms with E-state index in [0.29, 0.717) is 38.5 Å². The van der Waals surface area contributed by atoms with Gasteiger partial charge in [0.2, 0.25) is 27.3 Å². The minimum absolute atomic E-state index is 0.181. The molecule has 208 valence electrons. The molecule has 0 aromatic carbocycles. The Balaban J connectivity index is 6.28. The molecule has 4 unspecified atom stereocenters. The summed E-state index contributed by atoms with van der Waals surface area (Å²) < 4.78 is 47.7. The Labute approximate surface area is 218 Å². The first-order valence-corrected chi connectivity index (χ1v) is 13.6. The molecule has 0 amide bonds. The van der Waals surface area contributed by atoms with Crippen molar-refractivity contribution in [3.63, 3.8) is 0 Å². The predicted octanol–water partition coefficient (Wildman–Crippen LogP) is 6.42. The highest BCUT2D eigenvalue weighted by Gasteiger charge is 2.49. The van der Waals surface area contributed by atoms with E-state index >= 15 is 0 Å². The zero-order chi connectivity index (χ0) is 27.6. The van der Waals surface area contributed by atoms with Gasteiger partial charge in [0.05, 0.1) is 6.61 Å². The summed E-state index contributed by atoms with van der Waals surface area (Å²) in [6, 6.07) is 0. The Hall–Kier alpha value is -1.64. The Morgan fingerprint density at radius 2 is 1.31 bits per heavy atom. The standard InChI is InChI=1S/C26H45O9P/c1-9-13-17-30-25(34-21(15-11-3)32-23(27)19(5)6)26(36-29,31-18-14-10-2)35-22(16-12-4)33-24(28)20(7)8/h21-22,25H,5,7,9-18H2,1-4,6,8H3. The molecule has 0 aromatic heterocycles. The number of carbonyl (C=O) groups excluding carboxylic acids is 2. The summed E-state index contributed by atoms with van der Waals surface area (Å²) in [5.74, 6) is -1.28. The number of unbranched alkanes of at least 4 members (excludes halogenated alkanes) is 2. The molecular weight excluding hydrogens is 487 g/mol. The Kier molecular flexibility index (Phi) is 18.6. The van der Waals surface area contributed by atoms with Gasteiger partial charge in [-0.2, -0.15) is 0 Å². The smallest absolute Gasteiger partial charge is 0.335 e. The number of ether oxygens (including phenoxy) is 6. The van der Waals surface area contributed by atoms with Crippen LogP contribution in [0.2, 0.25) is 0 Å². The highest BCUT2D eigenvalue weighted by atomic mass is 31.1. The van der Waals surface area contributed by atoms with E-state index < -0.39 is 44.8 Å². The topological polar surface area (TPSA) is 107 Å². The molecule has 0 fully saturated rings. The summed E-state index contributed by atoms with van der Waals surface area (Å²) in [5.41, 5.74) is -1.58. The molecule has 0 radical (unpaired) electrons. The minimum Gasteiger partial charge on any atom is -0.432 e. The molecule has 0 saturated heterocycles. The van der Waals surface area contributed by atoms with Crippen molar-refractivity contribution in [2.45, 2.75) is 117 Å². The lowest BCUT2D eigenvalue weighted by molar-refractivity contribution is -0.366. The van der Waals surface area contributed by atoms with Gasteiger partial charge >= 0.3 is 17.5 Å². The largest absolute Gasteiger partial charge is 0.432 e. The molecule has 0 aliphatic carbocycles. The van der Waals surface area contributed by atoms with Crippen molar-refractivity contribution < 1.29 is 42.6 Å². The monoisotopic (exact) mass is 532 g/mol. The quantitative estimate of drug-likeness (QED) is 0.0513. The molecule has 0 aliphatic heterocycles. The summed E-state index contributed by atoms with van der Waals surface area (Å²) in [4.78, 5) is 24.5. The van der Waals surface area contributed by atoms with Crippen molar-refractivity contribution in [1.82, 2.24) is 0 Å². The SMILES string of the molecule is C=C(C)C(=O)OC(CCC)OC(OCCCC)C(OCCCC)(OC(CCC)OC(=O)C(=C)C)P=O. The zero-order valence-electron chi connectivity index (χ0n) is 22.8. The molecule has 0 N–H and O–H groups in total. The molecule has 0 heterocycles. The first-order chi connectivity index (χ1) is 17.1. The van der Waals surface area contributed by atoms with Crippen LogP contribution in [0, 0.1) is 0 Å². The van der Waals surface area contributed by atoms with Crippen LogP contribution in [0.25, 0.3) is 0 Å². The molecule has 4 atom stereocenters. The fourth-order valence-electron chi connectivity index (χ4n) is 2.71. The summed E-state index contributed by atoms with van der Waals surface area (Å²) in [5, 5.41) is 0. The van der Waals surface area contributed by atoms with E-state index in [4.69, 9.17) is 28.4 Å². The van der Waals surface area contributed by atoms with E-state index in [-0.39, 0.29) is 24.4 Å². The van der Waals surface area contributed by atoms with Crippen LogP contribution in [0.1, 0.15) is 92.9 Å². The van der Waals surface area contributed by atoms with Crippen LogP contribution < -0.4 is 0 Å². The average Bonchev–Trinajstić information content (AvgIpc) is 2.83. The fourth-order valence-corrected chi connectivity index (χ4v) is 3.24. The summed E-state index contributed by atoms with van der Waals surface area (Å²) in [6.45, 7) is 18.5. The van der Waals surface area contributed by atoms with E-state index in [1.807, 2.05) is 27.7 Å². The van der Waals surface area contributed by atoms with E-state index in [2.05, 4.69) is 13.2 Å². The number of esters is 2. The number of rotatable bonds is 22. The molecule has 9 nitrogen and oxygen atoms in total. The number of carbonyl (C=O) groups is 2. The molecular formula is C26H45O9P. The van der Waals surface area contributed by atoms with Crippen molar-refractivity contribution in [2.24, 2.45) is 0 Å². The van der Waals surface area contributed by atoms with E-state index in [1.54, 1.807) is 0 Å². The van der Waals surface area contributed by atoms with Crippen molar-refractivity contribution in [3.05, 3.63) is 24.3 Å². The first-order valence-electron chi connectivity index (χ1n) is 12.8. The second-order valence-electron chi connectivity index (χ2n) is 8.54. The van der Waals surface area contributed by atoms with Gasteiger partial charge in [0.25, 0.3) is 0 Å². The predicted molar refractivity (Wildman–Crippen MR) is 137 cm³/mol. The first kappa shape index (κ1) is 34.4. The molecule has 0 spiro atoms. The normalized spacial score (nSPS) is 15.5. The van der Waals surface area contributed by atoms with Crippen LogP contribution >= 0.6 is 8.46 Å².